The number of hydrogen-bond donors (Lipinski definition) is 0. The van der Waals surface area contributed by atoms with E-state index in [1.807, 2.05) is 0 Å². The van der Waals surface area contributed by atoms with Crippen molar-refractivity contribution in [2.45, 2.75) is 45.4 Å². The van der Waals surface area contributed by atoms with Gasteiger partial charge in [0.1, 0.15) is 0 Å². The van der Waals surface area contributed by atoms with Crippen molar-refractivity contribution < 1.29 is 8.42 Å². The minimum Gasteiger partial charge on any atom is -0.303 e. The van der Waals surface area contributed by atoms with Gasteiger partial charge in [-0.1, -0.05) is 29.8 Å². The molecule has 1 aromatic carbocycles. The van der Waals surface area contributed by atoms with Crippen LogP contribution < -0.4 is 0 Å². The molecule has 0 spiro atoms. The second-order valence-corrected chi connectivity index (χ2v) is 10.4. The molecule has 0 aromatic heterocycles. The van der Waals surface area contributed by atoms with Gasteiger partial charge in [-0.3, -0.25) is 0 Å². The van der Waals surface area contributed by atoms with E-state index in [0.717, 1.165) is 18.9 Å². The molecule has 2 fully saturated rings. The van der Waals surface area contributed by atoms with Gasteiger partial charge in [0.25, 0.3) is 0 Å². The molecule has 4 nitrogen and oxygen atoms in total. The highest BCUT2D eigenvalue weighted by atomic mass is 32.2. The first-order valence-corrected chi connectivity index (χ1v) is 12.0. The second-order valence-electron chi connectivity index (χ2n) is 8.40. The molecule has 3 rings (SSSR count). The number of benzene rings is 1. The number of likely N-dealkylation sites (tertiary alicyclic amines) is 1. The average Bonchev–Trinajstić information content (AvgIpc) is 2.62. The normalized spacial score (nSPS) is 24.0. The van der Waals surface area contributed by atoms with Gasteiger partial charge in [0.2, 0.25) is 10.0 Å². The Labute approximate surface area is 159 Å². The van der Waals surface area contributed by atoms with Crippen molar-refractivity contribution in [2.75, 3.05) is 39.0 Å². The first-order valence-electron chi connectivity index (χ1n) is 10.1. The average molecular weight is 379 g/mol. The predicted octanol–water partition coefficient (Wildman–Crippen LogP) is 3.31. The van der Waals surface area contributed by atoms with Crippen molar-refractivity contribution in [1.82, 2.24) is 9.21 Å². The molecular weight excluding hydrogens is 344 g/mol. The van der Waals surface area contributed by atoms with Crippen molar-refractivity contribution in [3.05, 3.63) is 35.4 Å². The lowest BCUT2D eigenvalue weighted by Gasteiger charge is -2.37. The largest absolute Gasteiger partial charge is 0.303 e. The lowest BCUT2D eigenvalue weighted by Crippen LogP contribution is -2.45. The van der Waals surface area contributed by atoms with E-state index in [4.69, 9.17) is 0 Å². The van der Waals surface area contributed by atoms with Crippen molar-refractivity contribution in [1.29, 1.82) is 0 Å². The van der Waals surface area contributed by atoms with Crippen LogP contribution in [0.1, 0.15) is 43.2 Å². The lowest BCUT2D eigenvalue weighted by atomic mass is 9.89. The molecule has 146 valence electrons. The van der Waals surface area contributed by atoms with Crippen LogP contribution in [-0.4, -0.2) is 56.6 Å². The Kier molecular flexibility index (Phi) is 6.76. The van der Waals surface area contributed by atoms with Gasteiger partial charge in [0.15, 0.2) is 0 Å². The molecule has 0 aliphatic carbocycles. The zero-order valence-corrected chi connectivity index (χ0v) is 17.2. The summed E-state index contributed by atoms with van der Waals surface area (Å²) in [4.78, 5) is 2.57. The van der Waals surface area contributed by atoms with Crippen LogP contribution in [0.2, 0.25) is 0 Å². The number of nitrogens with zero attached hydrogens (tertiary/aromatic N) is 2. The SMILES string of the molecule is Cc1ccc(CCC2CCN(C[C@H]3CCCN(S(C)(=O)=O)C3)CC2)cc1. The summed E-state index contributed by atoms with van der Waals surface area (Å²) >= 11 is 0. The van der Waals surface area contributed by atoms with E-state index in [1.165, 1.54) is 62.6 Å². The number of aryl methyl sites for hydroxylation is 2. The summed E-state index contributed by atoms with van der Waals surface area (Å²) < 4.78 is 25.2. The maximum Gasteiger partial charge on any atom is 0.211 e. The summed E-state index contributed by atoms with van der Waals surface area (Å²) in [5, 5.41) is 0. The Hall–Kier alpha value is -0.910. The summed E-state index contributed by atoms with van der Waals surface area (Å²) in [5.74, 6) is 1.34. The van der Waals surface area contributed by atoms with Crippen LogP contribution in [-0.2, 0) is 16.4 Å². The molecule has 0 bridgehead atoms. The maximum absolute atomic E-state index is 11.8. The monoisotopic (exact) mass is 378 g/mol. The van der Waals surface area contributed by atoms with E-state index in [9.17, 15) is 8.42 Å². The molecule has 26 heavy (non-hydrogen) atoms. The Bertz CT molecular complexity index is 664. The Morgan fingerprint density at radius 2 is 1.69 bits per heavy atom. The fourth-order valence-electron chi connectivity index (χ4n) is 4.43. The first kappa shape index (κ1) is 19.8. The molecule has 2 aliphatic heterocycles. The highest BCUT2D eigenvalue weighted by Crippen LogP contribution is 2.25. The van der Waals surface area contributed by atoms with Gasteiger partial charge in [-0.15, -0.1) is 0 Å². The Morgan fingerprint density at radius 1 is 1.00 bits per heavy atom. The molecule has 2 aliphatic rings. The van der Waals surface area contributed by atoms with Gasteiger partial charge in [-0.05, 0) is 75.9 Å². The van der Waals surface area contributed by atoms with Crippen LogP contribution >= 0.6 is 0 Å². The summed E-state index contributed by atoms with van der Waals surface area (Å²) in [5.41, 5.74) is 2.79. The van der Waals surface area contributed by atoms with Gasteiger partial charge in [0.05, 0.1) is 6.26 Å². The third-order valence-corrected chi connectivity index (χ3v) is 7.41. The molecule has 0 amide bonds. The smallest absolute Gasteiger partial charge is 0.211 e. The Balaban J connectivity index is 1.39. The van der Waals surface area contributed by atoms with Crippen molar-refractivity contribution >= 4 is 10.0 Å². The van der Waals surface area contributed by atoms with Crippen LogP contribution in [0.25, 0.3) is 0 Å². The third kappa shape index (κ3) is 5.80. The highest BCUT2D eigenvalue weighted by Gasteiger charge is 2.28. The lowest BCUT2D eigenvalue weighted by molar-refractivity contribution is 0.133. The minimum atomic E-state index is -3.03. The third-order valence-electron chi connectivity index (χ3n) is 6.14. The minimum absolute atomic E-state index is 0.502. The van der Waals surface area contributed by atoms with Gasteiger partial charge in [-0.25, -0.2) is 12.7 Å². The number of hydrogen-bond acceptors (Lipinski definition) is 3. The highest BCUT2D eigenvalue weighted by molar-refractivity contribution is 7.88. The van der Waals surface area contributed by atoms with Crippen LogP contribution in [0.5, 0.6) is 0 Å². The summed E-state index contributed by atoms with van der Waals surface area (Å²) in [6.45, 7) is 6.97. The van der Waals surface area contributed by atoms with Gasteiger partial charge in [-0.2, -0.15) is 0 Å². The first-order chi connectivity index (χ1) is 12.4. The fraction of sp³-hybridized carbons (Fsp3) is 0.714. The molecular formula is C21H34N2O2S. The molecule has 2 saturated heterocycles. The molecule has 0 unspecified atom stereocenters. The van der Waals surface area contributed by atoms with Crippen molar-refractivity contribution in [3.63, 3.8) is 0 Å². The number of rotatable bonds is 6. The zero-order valence-electron chi connectivity index (χ0n) is 16.4. The van der Waals surface area contributed by atoms with E-state index in [1.54, 1.807) is 4.31 Å². The van der Waals surface area contributed by atoms with E-state index in [2.05, 4.69) is 36.1 Å². The standard InChI is InChI=1S/C21H34N2O2S/c1-18-5-7-19(8-6-18)9-10-20-11-14-22(15-12-20)16-21-4-3-13-23(17-21)26(2,24)25/h5-8,20-21H,3-4,9-17H2,1-2H3/t21-/m1/s1. The number of sulfonamides is 1. The molecule has 2 heterocycles. The van der Waals surface area contributed by atoms with Gasteiger partial charge < -0.3 is 4.90 Å². The van der Waals surface area contributed by atoms with Gasteiger partial charge >= 0.3 is 0 Å². The molecule has 1 atom stereocenters. The summed E-state index contributed by atoms with van der Waals surface area (Å²) in [7, 11) is -3.03. The zero-order chi connectivity index (χ0) is 18.6. The van der Waals surface area contributed by atoms with Crippen molar-refractivity contribution in [2.24, 2.45) is 11.8 Å². The molecule has 0 radical (unpaired) electrons. The summed E-state index contributed by atoms with van der Waals surface area (Å²) in [6.07, 6.45) is 8.57. The predicted molar refractivity (Wildman–Crippen MR) is 108 cm³/mol. The van der Waals surface area contributed by atoms with Crippen LogP contribution in [0, 0.1) is 18.8 Å². The molecule has 0 saturated carbocycles. The molecule has 5 heteroatoms. The number of piperidine rings is 2. The van der Waals surface area contributed by atoms with E-state index < -0.39 is 10.0 Å². The van der Waals surface area contributed by atoms with E-state index in [0.29, 0.717) is 19.0 Å². The molecule has 0 N–H and O–H groups in total. The topological polar surface area (TPSA) is 40.6 Å². The van der Waals surface area contributed by atoms with Crippen LogP contribution in [0.15, 0.2) is 24.3 Å². The quantitative estimate of drug-likeness (QED) is 0.762. The fourth-order valence-corrected chi connectivity index (χ4v) is 5.37. The van der Waals surface area contributed by atoms with Crippen LogP contribution in [0.4, 0.5) is 0 Å². The van der Waals surface area contributed by atoms with Crippen molar-refractivity contribution in [3.8, 4) is 0 Å². The Morgan fingerprint density at radius 3 is 2.35 bits per heavy atom. The summed E-state index contributed by atoms with van der Waals surface area (Å²) in [6, 6.07) is 8.95. The van der Waals surface area contributed by atoms with E-state index in [-0.39, 0.29) is 0 Å². The molecule has 1 aromatic rings. The maximum atomic E-state index is 11.8. The van der Waals surface area contributed by atoms with Crippen LogP contribution in [0.3, 0.4) is 0 Å². The van der Waals surface area contributed by atoms with Gasteiger partial charge in [0, 0.05) is 19.6 Å². The second kappa shape index (κ2) is 8.85. The van der Waals surface area contributed by atoms with E-state index >= 15 is 0 Å².